The number of likely N-dealkylation sites (tertiary alicyclic amines) is 1. The van der Waals surface area contributed by atoms with Gasteiger partial charge in [0.2, 0.25) is 11.3 Å². The van der Waals surface area contributed by atoms with E-state index in [1.54, 1.807) is 12.4 Å². The number of nitrogens with zero attached hydrogens (tertiary/aromatic N) is 2. The van der Waals surface area contributed by atoms with Crippen LogP contribution in [0.25, 0.3) is 0 Å². The minimum atomic E-state index is 0.0410. The third-order valence-corrected chi connectivity index (χ3v) is 5.27. The molecule has 1 aromatic rings. The molecule has 1 fully saturated rings. The average molecular weight is 500 g/mol. The van der Waals surface area contributed by atoms with Crippen LogP contribution in [-0.2, 0) is 11.3 Å². The molecule has 1 unspecified atom stereocenters. The molecule has 0 N–H and O–H groups in total. The number of carbonyl (C=O) groups excluding carboxylic acids is 1. The monoisotopic (exact) mass is 500 g/mol. The van der Waals surface area contributed by atoms with E-state index in [-0.39, 0.29) is 11.3 Å². The summed E-state index contributed by atoms with van der Waals surface area (Å²) in [7, 11) is 0. The quantitative estimate of drug-likeness (QED) is 0.600. The zero-order chi connectivity index (χ0) is 14.7. The molecule has 1 amide bonds. The van der Waals surface area contributed by atoms with E-state index in [4.69, 9.17) is 0 Å². The molecule has 1 atom stereocenters. The van der Waals surface area contributed by atoms with Crippen molar-refractivity contribution in [1.29, 1.82) is 0 Å². The van der Waals surface area contributed by atoms with Crippen molar-refractivity contribution >= 4 is 51.1 Å². The molecule has 1 saturated heterocycles. The van der Waals surface area contributed by atoms with Crippen molar-refractivity contribution < 1.29 is 4.79 Å². The predicted octanol–water partition coefficient (Wildman–Crippen LogP) is 2.85. The van der Waals surface area contributed by atoms with Gasteiger partial charge in [0, 0.05) is 25.0 Å². The van der Waals surface area contributed by atoms with Crippen molar-refractivity contribution in [2.45, 2.75) is 45.2 Å². The standard InChI is InChI=1S/C14H18I2N2O2/c1-2-10-5-3-4-6-18(10)13(19)9-17-7-11(15)14(20)12(16)8-17/h7-8,10H,2-6,9H2,1H3. The van der Waals surface area contributed by atoms with E-state index in [9.17, 15) is 9.59 Å². The molecule has 110 valence electrons. The average Bonchev–Trinajstić information content (AvgIpc) is 2.44. The Kier molecular flexibility index (Phi) is 5.88. The summed E-state index contributed by atoms with van der Waals surface area (Å²) in [4.78, 5) is 26.2. The molecule has 0 aliphatic carbocycles. The van der Waals surface area contributed by atoms with Gasteiger partial charge >= 0.3 is 0 Å². The summed E-state index contributed by atoms with van der Waals surface area (Å²) >= 11 is 4.05. The van der Waals surface area contributed by atoms with Crippen molar-refractivity contribution in [3.05, 3.63) is 29.8 Å². The SMILES string of the molecule is CCC1CCCCN1C(=O)Cn1cc(I)c(=O)c(I)c1. The van der Waals surface area contributed by atoms with Crippen LogP contribution in [0.5, 0.6) is 0 Å². The minimum Gasteiger partial charge on any atom is -0.343 e. The van der Waals surface area contributed by atoms with E-state index in [1.807, 2.05) is 54.6 Å². The van der Waals surface area contributed by atoms with Gasteiger partial charge in [-0.2, -0.15) is 0 Å². The Balaban J connectivity index is 2.13. The number of hydrogen-bond acceptors (Lipinski definition) is 2. The van der Waals surface area contributed by atoms with E-state index in [0.29, 0.717) is 19.7 Å². The highest BCUT2D eigenvalue weighted by Gasteiger charge is 2.25. The molecule has 6 heteroatoms. The van der Waals surface area contributed by atoms with Gasteiger partial charge in [0.05, 0.1) is 7.14 Å². The second kappa shape index (κ2) is 7.24. The Labute approximate surface area is 146 Å². The third kappa shape index (κ3) is 3.75. The summed E-state index contributed by atoms with van der Waals surface area (Å²) in [6.45, 7) is 3.33. The Morgan fingerprint density at radius 3 is 2.55 bits per heavy atom. The molecule has 0 saturated carbocycles. The summed E-state index contributed by atoms with van der Waals surface area (Å²) in [6.07, 6.45) is 7.96. The topological polar surface area (TPSA) is 42.3 Å². The Hall–Kier alpha value is -0.120. The number of amides is 1. The smallest absolute Gasteiger partial charge is 0.242 e. The predicted molar refractivity (Wildman–Crippen MR) is 95.8 cm³/mol. The molecule has 20 heavy (non-hydrogen) atoms. The molecular weight excluding hydrogens is 482 g/mol. The molecule has 0 spiro atoms. The summed E-state index contributed by atoms with van der Waals surface area (Å²) in [5.41, 5.74) is 0.0410. The molecule has 2 rings (SSSR count). The van der Waals surface area contributed by atoms with Gasteiger partial charge in [-0.25, -0.2) is 0 Å². The minimum absolute atomic E-state index is 0.0410. The lowest BCUT2D eigenvalue weighted by atomic mass is 10.00. The van der Waals surface area contributed by atoms with Gasteiger partial charge < -0.3 is 9.47 Å². The van der Waals surface area contributed by atoms with Gasteiger partial charge in [0.25, 0.3) is 0 Å². The van der Waals surface area contributed by atoms with Crippen LogP contribution in [0.1, 0.15) is 32.6 Å². The molecule has 2 heterocycles. The highest BCUT2D eigenvalue weighted by molar-refractivity contribution is 14.1. The highest BCUT2D eigenvalue weighted by Crippen LogP contribution is 2.20. The number of hydrogen-bond donors (Lipinski definition) is 0. The van der Waals surface area contributed by atoms with Gasteiger partial charge in [0.1, 0.15) is 6.54 Å². The Morgan fingerprint density at radius 2 is 1.95 bits per heavy atom. The lowest BCUT2D eigenvalue weighted by molar-refractivity contribution is -0.135. The number of aromatic nitrogens is 1. The van der Waals surface area contributed by atoms with E-state index in [0.717, 1.165) is 25.8 Å². The molecule has 1 aliphatic rings. The normalized spacial score (nSPS) is 19.1. The maximum Gasteiger partial charge on any atom is 0.242 e. The third-order valence-electron chi connectivity index (χ3n) is 3.73. The number of piperidine rings is 1. The highest BCUT2D eigenvalue weighted by atomic mass is 127. The fourth-order valence-electron chi connectivity index (χ4n) is 2.65. The summed E-state index contributed by atoms with van der Waals surface area (Å²) in [5.74, 6) is 0.159. The second-order valence-electron chi connectivity index (χ2n) is 5.10. The van der Waals surface area contributed by atoms with Crippen molar-refractivity contribution in [1.82, 2.24) is 9.47 Å². The lowest BCUT2D eigenvalue weighted by Crippen LogP contribution is -2.44. The molecule has 4 nitrogen and oxygen atoms in total. The van der Waals surface area contributed by atoms with Crippen LogP contribution < -0.4 is 5.43 Å². The fourth-order valence-corrected chi connectivity index (χ4v) is 4.46. The molecule has 0 radical (unpaired) electrons. The number of rotatable bonds is 3. The van der Waals surface area contributed by atoms with Crippen LogP contribution in [0.3, 0.4) is 0 Å². The van der Waals surface area contributed by atoms with Crippen molar-refractivity contribution in [3.8, 4) is 0 Å². The van der Waals surface area contributed by atoms with Gasteiger partial charge in [-0.05, 0) is 70.9 Å². The van der Waals surface area contributed by atoms with Gasteiger partial charge in [-0.1, -0.05) is 6.92 Å². The van der Waals surface area contributed by atoms with Gasteiger partial charge in [-0.3, -0.25) is 9.59 Å². The Morgan fingerprint density at radius 1 is 1.30 bits per heavy atom. The lowest BCUT2D eigenvalue weighted by Gasteiger charge is -2.35. The first kappa shape index (κ1) is 16.3. The van der Waals surface area contributed by atoms with Crippen molar-refractivity contribution in [3.63, 3.8) is 0 Å². The first-order valence-electron chi connectivity index (χ1n) is 6.87. The summed E-state index contributed by atoms with van der Waals surface area (Å²) in [6, 6.07) is 0.383. The first-order chi connectivity index (χ1) is 9.52. The molecule has 0 bridgehead atoms. The van der Waals surface area contributed by atoms with Crippen LogP contribution in [0, 0.1) is 7.14 Å². The summed E-state index contributed by atoms with van der Waals surface area (Å²) < 4.78 is 3.15. The van der Waals surface area contributed by atoms with Gasteiger partial charge in [0.15, 0.2) is 0 Å². The number of halogens is 2. The first-order valence-corrected chi connectivity index (χ1v) is 9.03. The molecule has 1 aromatic heterocycles. The van der Waals surface area contributed by atoms with E-state index < -0.39 is 0 Å². The van der Waals surface area contributed by atoms with Gasteiger partial charge in [-0.15, -0.1) is 0 Å². The molecule has 1 aliphatic heterocycles. The van der Waals surface area contributed by atoms with Crippen LogP contribution >= 0.6 is 45.2 Å². The van der Waals surface area contributed by atoms with Crippen molar-refractivity contribution in [2.24, 2.45) is 0 Å². The number of pyridine rings is 1. The largest absolute Gasteiger partial charge is 0.343 e. The second-order valence-corrected chi connectivity index (χ2v) is 7.42. The summed E-state index contributed by atoms with van der Waals surface area (Å²) in [5, 5.41) is 0. The van der Waals surface area contributed by atoms with E-state index in [1.165, 1.54) is 6.42 Å². The molecular formula is C14H18I2N2O2. The molecule has 0 aromatic carbocycles. The maximum atomic E-state index is 12.5. The zero-order valence-electron chi connectivity index (χ0n) is 11.4. The van der Waals surface area contributed by atoms with Crippen LogP contribution in [-0.4, -0.2) is 28.0 Å². The number of carbonyl (C=O) groups is 1. The van der Waals surface area contributed by atoms with E-state index in [2.05, 4.69) is 6.92 Å². The van der Waals surface area contributed by atoms with E-state index >= 15 is 0 Å². The van der Waals surface area contributed by atoms with Crippen molar-refractivity contribution in [2.75, 3.05) is 6.54 Å². The Bertz CT molecular complexity index is 530. The zero-order valence-corrected chi connectivity index (χ0v) is 15.8. The fraction of sp³-hybridized carbons (Fsp3) is 0.571. The van der Waals surface area contributed by atoms with Crippen LogP contribution in [0.4, 0.5) is 0 Å². The van der Waals surface area contributed by atoms with Crippen LogP contribution in [0.15, 0.2) is 17.2 Å². The van der Waals surface area contributed by atoms with Crippen LogP contribution in [0.2, 0.25) is 0 Å². The maximum absolute atomic E-state index is 12.5.